The lowest BCUT2D eigenvalue weighted by Gasteiger charge is -2.11. The van der Waals surface area contributed by atoms with Crippen LogP contribution in [-0.4, -0.2) is 15.7 Å². The highest BCUT2D eigenvalue weighted by molar-refractivity contribution is 6.30. The quantitative estimate of drug-likeness (QED) is 0.667. The summed E-state index contributed by atoms with van der Waals surface area (Å²) in [5.74, 6) is -0.325. The van der Waals surface area contributed by atoms with Crippen LogP contribution in [0.1, 0.15) is 33.3 Å². The minimum Gasteiger partial charge on any atom is -0.449 e. The molecule has 1 atom stereocenters. The largest absolute Gasteiger partial charge is 0.449 e. The molecule has 0 saturated heterocycles. The maximum Gasteiger partial charge on any atom is 0.339 e. The van der Waals surface area contributed by atoms with Gasteiger partial charge in [-0.3, -0.25) is 0 Å². The van der Waals surface area contributed by atoms with Gasteiger partial charge in [-0.2, -0.15) is 5.10 Å². The van der Waals surface area contributed by atoms with Crippen molar-refractivity contribution >= 4 is 17.6 Å². The summed E-state index contributed by atoms with van der Waals surface area (Å²) < 4.78 is 7.22. The molecule has 1 unspecified atom stereocenters. The zero-order valence-corrected chi connectivity index (χ0v) is 13.1. The van der Waals surface area contributed by atoms with Crippen molar-refractivity contribution in [1.29, 1.82) is 0 Å². The van der Waals surface area contributed by atoms with Crippen molar-refractivity contribution < 1.29 is 9.53 Å². The highest BCUT2D eigenvalue weighted by atomic mass is 35.5. The molecule has 1 aliphatic heterocycles. The van der Waals surface area contributed by atoms with Crippen molar-refractivity contribution in [3.63, 3.8) is 0 Å². The topological polar surface area (TPSA) is 44.1 Å². The normalized spacial score (nSPS) is 16.3. The molecule has 0 bridgehead atoms. The number of rotatable bonds is 2. The Kier molecular flexibility index (Phi) is 3.20. The van der Waals surface area contributed by atoms with E-state index < -0.39 is 6.10 Å². The summed E-state index contributed by atoms with van der Waals surface area (Å²) >= 11 is 6.57. The van der Waals surface area contributed by atoms with Gasteiger partial charge in [0.25, 0.3) is 0 Å². The molecular weight excluding hydrogens is 312 g/mol. The van der Waals surface area contributed by atoms with Gasteiger partial charge < -0.3 is 4.74 Å². The number of para-hydroxylation sites is 1. The smallest absolute Gasteiger partial charge is 0.339 e. The molecule has 23 heavy (non-hydrogen) atoms. The SMILES string of the molecule is Cc1nn(-c2ccccc2)c(Cl)c1C1OC(=O)c2ccccc21. The molecule has 4 nitrogen and oxygen atoms in total. The van der Waals surface area contributed by atoms with Crippen LogP contribution in [0.3, 0.4) is 0 Å². The molecule has 0 radical (unpaired) electrons. The molecule has 0 amide bonds. The number of aromatic nitrogens is 2. The van der Waals surface area contributed by atoms with E-state index in [9.17, 15) is 4.79 Å². The number of benzene rings is 2. The zero-order chi connectivity index (χ0) is 16.0. The van der Waals surface area contributed by atoms with Crippen molar-refractivity contribution in [2.45, 2.75) is 13.0 Å². The van der Waals surface area contributed by atoms with E-state index in [-0.39, 0.29) is 5.97 Å². The predicted octanol–water partition coefficient (Wildman–Crippen LogP) is 4.09. The number of halogens is 1. The fourth-order valence-corrected chi connectivity index (χ4v) is 3.28. The van der Waals surface area contributed by atoms with E-state index in [1.165, 1.54) is 0 Å². The van der Waals surface area contributed by atoms with E-state index in [0.717, 1.165) is 22.5 Å². The molecule has 1 aromatic heterocycles. The number of cyclic esters (lactones) is 1. The van der Waals surface area contributed by atoms with Crippen LogP contribution >= 0.6 is 11.6 Å². The lowest BCUT2D eigenvalue weighted by molar-refractivity contribution is 0.0455. The number of hydrogen-bond acceptors (Lipinski definition) is 3. The van der Waals surface area contributed by atoms with Crippen LogP contribution in [0.4, 0.5) is 0 Å². The number of nitrogens with zero attached hydrogens (tertiary/aromatic N) is 2. The Bertz CT molecular complexity index is 903. The summed E-state index contributed by atoms with van der Waals surface area (Å²) in [4.78, 5) is 12.1. The van der Waals surface area contributed by atoms with Gasteiger partial charge in [-0.15, -0.1) is 0 Å². The predicted molar refractivity (Wildman–Crippen MR) is 87.0 cm³/mol. The third kappa shape index (κ3) is 2.14. The maximum absolute atomic E-state index is 12.1. The first kappa shape index (κ1) is 14.0. The first-order valence-corrected chi connectivity index (χ1v) is 7.65. The van der Waals surface area contributed by atoms with Crippen molar-refractivity contribution in [3.8, 4) is 5.69 Å². The van der Waals surface area contributed by atoms with Crippen LogP contribution in [0.2, 0.25) is 5.15 Å². The molecule has 2 heterocycles. The molecule has 1 aliphatic rings. The number of carbonyl (C=O) groups is 1. The molecule has 2 aromatic carbocycles. The van der Waals surface area contributed by atoms with Crippen LogP contribution in [-0.2, 0) is 4.74 Å². The molecule has 0 aliphatic carbocycles. The van der Waals surface area contributed by atoms with E-state index in [1.807, 2.05) is 55.5 Å². The van der Waals surface area contributed by atoms with Crippen molar-refractivity contribution in [2.75, 3.05) is 0 Å². The second-order valence-corrected chi connectivity index (χ2v) is 5.77. The van der Waals surface area contributed by atoms with Gasteiger partial charge in [-0.1, -0.05) is 48.0 Å². The fraction of sp³-hybridized carbons (Fsp3) is 0.111. The van der Waals surface area contributed by atoms with Gasteiger partial charge in [-0.25, -0.2) is 9.48 Å². The summed E-state index contributed by atoms with van der Waals surface area (Å²) in [7, 11) is 0. The number of carbonyl (C=O) groups excluding carboxylic acids is 1. The van der Waals surface area contributed by atoms with Gasteiger partial charge in [0.2, 0.25) is 0 Å². The lowest BCUT2D eigenvalue weighted by Crippen LogP contribution is -2.02. The Balaban J connectivity index is 1.86. The highest BCUT2D eigenvalue weighted by Crippen LogP contribution is 2.40. The van der Waals surface area contributed by atoms with Gasteiger partial charge in [0, 0.05) is 5.56 Å². The number of aryl methyl sites for hydroxylation is 1. The second kappa shape index (κ2) is 5.25. The van der Waals surface area contributed by atoms with Crippen molar-refractivity contribution in [1.82, 2.24) is 9.78 Å². The standard InChI is InChI=1S/C18H13ClN2O2/c1-11-15(16-13-9-5-6-10-14(13)18(22)23-16)17(19)21(20-11)12-7-3-2-4-8-12/h2-10,16H,1H3. The third-order valence-corrected chi connectivity index (χ3v) is 4.36. The van der Waals surface area contributed by atoms with E-state index >= 15 is 0 Å². The molecular formula is C18H13ClN2O2. The second-order valence-electron chi connectivity index (χ2n) is 5.41. The fourth-order valence-electron chi connectivity index (χ4n) is 2.91. The number of ether oxygens (including phenoxy) is 1. The van der Waals surface area contributed by atoms with Gasteiger partial charge in [0.1, 0.15) is 5.15 Å². The Morgan fingerprint density at radius 1 is 1.09 bits per heavy atom. The zero-order valence-electron chi connectivity index (χ0n) is 12.4. The number of esters is 1. The third-order valence-electron chi connectivity index (χ3n) is 4.00. The lowest BCUT2D eigenvalue weighted by atomic mass is 10.00. The minimum atomic E-state index is -0.510. The van der Waals surface area contributed by atoms with Gasteiger partial charge in [0.05, 0.1) is 22.5 Å². The monoisotopic (exact) mass is 324 g/mol. The number of hydrogen-bond donors (Lipinski definition) is 0. The van der Waals surface area contributed by atoms with E-state index in [2.05, 4.69) is 5.10 Å². The Hall–Kier alpha value is -2.59. The highest BCUT2D eigenvalue weighted by Gasteiger charge is 2.36. The Labute approximate surface area is 138 Å². The summed E-state index contributed by atoms with van der Waals surface area (Å²) in [5, 5.41) is 4.98. The van der Waals surface area contributed by atoms with Crippen LogP contribution < -0.4 is 0 Å². The van der Waals surface area contributed by atoms with Crippen LogP contribution in [0.5, 0.6) is 0 Å². The van der Waals surface area contributed by atoms with E-state index in [1.54, 1.807) is 10.7 Å². The molecule has 0 N–H and O–H groups in total. The summed E-state index contributed by atoms with van der Waals surface area (Å²) in [6.45, 7) is 1.87. The molecule has 0 saturated carbocycles. The van der Waals surface area contributed by atoms with E-state index in [0.29, 0.717) is 10.7 Å². The van der Waals surface area contributed by atoms with Gasteiger partial charge >= 0.3 is 5.97 Å². The molecule has 114 valence electrons. The van der Waals surface area contributed by atoms with Gasteiger partial charge in [0.15, 0.2) is 6.10 Å². The van der Waals surface area contributed by atoms with Crippen molar-refractivity contribution in [2.24, 2.45) is 0 Å². The van der Waals surface area contributed by atoms with E-state index in [4.69, 9.17) is 16.3 Å². The Morgan fingerprint density at radius 3 is 2.57 bits per heavy atom. The van der Waals surface area contributed by atoms with Gasteiger partial charge in [-0.05, 0) is 25.1 Å². The van der Waals surface area contributed by atoms with Crippen LogP contribution in [0.25, 0.3) is 5.69 Å². The maximum atomic E-state index is 12.1. The summed E-state index contributed by atoms with van der Waals surface area (Å²) in [6.07, 6.45) is -0.510. The average Bonchev–Trinajstić information content (AvgIpc) is 3.06. The Morgan fingerprint density at radius 2 is 1.78 bits per heavy atom. The average molecular weight is 325 g/mol. The number of fused-ring (bicyclic) bond motifs is 1. The first-order chi connectivity index (χ1) is 11.2. The molecule has 0 fully saturated rings. The molecule has 5 heteroatoms. The van der Waals surface area contributed by atoms with Crippen LogP contribution in [0, 0.1) is 6.92 Å². The summed E-state index contributed by atoms with van der Waals surface area (Å²) in [5.41, 5.74) is 3.75. The molecule has 3 aromatic rings. The minimum absolute atomic E-state index is 0.325. The van der Waals surface area contributed by atoms with Crippen LogP contribution in [0.15, 0.2) is 54.6 Å². The molecule has 4 rings (SSSR count). The van der Waals surface area contributed by atoms with Crippen molar-refractivity contribution in [3.05, 3.63) is 82.1 Å². The molecule has 0 spiro atoms. The first-order valence-electron chi connectivity index (χ1n) is 7.27. The summed E-state index contributed by atoms with van der Waals surface area (Å²) in [6, 6.07) is 17.0.